The first-order valence-corrected chi connectivity index (χ1v) is 6.96. The molecule has 2 fully saturated rings. The van der Waals surface area contributed by atoms with Crippen molar-refractivity contribution in [2.45, 2.75) is 50.7 Å². The lowest BCUT2D eigenvalue weighted by atomic mass is 9.82. The number of carbonyl (C=O) groups is 2. The van der Waals surface area contributed by atoms with Crippen LogP contribution >= 0.6 is 0 Å². The molecule has 0 aromatic carbocycles. The monoisotopic (exact) mass is 270 g/mol. The Labute approximate surface area is 113 Å². The van der Waals surface area contributed by atoms with Gasteiger partial charge in [-0.3, -0.25) is 0 Å². The molecule has 1 unspecified atom stereocenters. The molecule has 2 amide bonds. The number of nitrogens with zero attached hydrogens (tertiary/aromatic N) is 1. The van der Waals surface area contributed by atoms with Crippen LogP contribution in [-0.4, -0.2) is 53.3 Å². The minimum Gasteiger partial charge on any atom is -0.480 e. The van der Waals surface area contributed by atoms with Crippen LogP contribution in [0.4, 0.5) is 4.79 Å². The van der Waals surface area contributed by atoms with Crippen LogP contribution in [0.2, 0.25) is 0 Å². The maximum atomic E-state index is 12.2. The fourth-order valence-electron chi connectivity index (χ4n) is 2.83. The van der Waals surface area contributed by atoms with E-state index in [1.807, 2.05) is 6.92 Å². The van der Waals surface area contributed by atoms with Gasteiger partial charge >= 0.3 is 12.0 Å². The number of carboxylic acid groups (broad SMARTS) is 1. The molecule has 108 valence electrons. The molecule has 1 aliphatic heterocycles. The number of carboxylic acids is 1. The third-order valence-corrected chi connectivity index (χ3v) is 3.99. The molecule has 6 heteroatoms. The molecule has 2 N–H and O–H groups in total. The SMILES string of the molecule is CC1CN(C(=O)NC2(C(=O)O)CCCCC2)CCO1. The van der Waals surface area contributed by atoms with Gasteiger partial charge in [0.1, 0.15) is 5.54 Å². The molecule has 1 heterocycles. The zero-order chi connectivity index (χ0) is 13.9. The second-order valence-electron chi connectivity index (χ2n) is 5.51. The molecule has 0 radical (unpaired) electrons. The van der Waals surface area contributed by atoms with Crippen molar-refractivity contribution in [2.24, 2.45) is 0 Å². The van der Waals surface area contributed by atoms with E-state index in [9.17, 15) is 14.7 Å². The van der Waals surface area contributed by atoms with Crippen LogP contribution in [0.5, 0.6) is 0 Å². The van der Waals surface area contributed by atoms with Gasteiger partial charge < -0.3 is 20.1 Å². The van der Waals surface area contributed by atoms with Crippen molar-refractivity contribution >= 4 is 12.0 Å². The smallest absolute Gasteiger partial charge is 0.329 e. The van der Waals surface area contributed by atoms with E-state index in [1.54, 1.807) is 4.90 Å². The highest BCUT2D eigenvalue weighted by atomic mass is 16.5. The van der Waals surface area contributed by atoms with E-state index in [-0.39, 0.29) is 12.1 Å². The van der Waals surface area contributed by atoms with Crippen LogP contribution in [0.3, 0.4) is 0 Å². The Balaban J connectivity index is 2.00. The number of amides is 2. The zero-order valence-electron chi connectivity index (χ0n) is 11.4. The first-order chi connectivity index (χ1) is 9.03. The van der Waals surface area contributed by atoms with E-state index in [1.165, 1.54) is 0 Å². The largest absolute Gasteiger partial charge is 0.480 e. The molecule has 0 aromatic rings. The molecule has 6 nitrogen and oxygen atoms in total. The maximum absolute atomic E-state index is 12.2. The van der Waals surface area contributed by atoms with Gasteiger partial charge in [-0.15, -0.1) is 0 Å². The average molecular weight is 270 g/mol. The third kappa shape index (κ3) is 3.18. The molecule has 2 aliphatic rings. The number of rotatable bonds is 2. The van der Waals surface area contributed by atoms with Crippen LogP contribution in [0.1, 0.15) is 39.0 Å². The fraction of sp³-hybridized carbons (Fsp3) is 0.846. The number of nitrogens with one attached hydrogen (secondary N) is 1. The van der Waals surface area contributed by atoms with Crippen molar-refractivity contribution in [1.29, 1.82) is 0 Å². The molecule has 19 heavy (non-hydrogen) atoms. The van der Waals surface area contributed by atoms with Crippen molar-refractivity contribution < 1.29 is 19.4 Å². The van der Waals surface area contributed by atoms with Gasteiger partial charge in [0.2, 0.25) is 0 Å². The molecular weight excluding hydrogens is 248 g/mol. The van der Waals surface area contributed by atoms with Crippen molar-refractivity contribution in [3.63, 3.8) is 0 Å². The summed E-state index contributed by atoms with van der Waals surface area (Å²) in [5.41, 5.74) is -1.07. The molecular formula is C13H22N2O4. The standard InChI is InChI=1S/C13H22N2O4/c1-10-9-15(7-8-19-10)12(18)14-13(11(16)17)5-3-2-4-6-13/h10H,2-9H2,1H3,(H,14,18)(H,16,17). The van der Waals surface area contributed by atoms with Crippen LogP contribution < -0.4 is 5.32 Å². The number of aliphatic carboxylic acids is 1. The number of hydrogen-bond acceptors (Lipinski definition) is 3. The van der Waals surface area contributed by atoms with Crippen molar-refractivity contribution in [1.82, 2.24) is 10.2 Å². The van der Waals surface area contributed by atoms with Crippen LogP contribution in [0.15, 0.2) is 0 Å². The molecule has 0 bridgehead atoms. The Morgan fingerprint density at radius 3 is 2.58 bits per heavy atom. The van der Waals surface area contributed by atoms with Gasteiger partial charge in [-0.2, -0.15) is 0 Å². The van der Waals surface area contributed by atoms with Gasteiger partial charge in [-0.05, 0) is 19.8 Å². The average Bonchev–Trinajstić information content (AvgIpc) is 2.39. The van der Waals surface area contributed by atoms with Gasteiger partial charge in [0.15, 0.2) is 0 Å². The number of morpholine rings is 1. The summed E-state index contributed by atoms with van der Waals surface area (Å²) in [5, 5.41) is 12.2. The number of hydrogen-bond donors (Lipinski definition) is 2. The van der Waals surface area contributed by atoms with Gasteiger partial charge in [0, 0.05) is 13.1 Å². The Kier molecular flexibility index (Phi) is 4.29. The molecule has 1 atom stereocenters. The van der Waals surface area contributed by atoms with Crippen LogP contribution in [0.25, 0.3) is 0 Å². The molecule has 0 aromatic heterocycles. The molecule has 1 saturated heterocycles. The van der Waals surface area contributed by atoms with Crippen molar-refractivity contribution in [3.8, 4) is 0 Å². The van der Waals surface area contributed by atoms with Crippen molar-refractivity contribution in [3.05, 3.63) is 0 Å². The van der Waals surface area contributed by atoms with E-state index in [4.69, 9.17) is 4.74 Å². The minimum atomic E-state index is -1.07. The maximum Gasteiger partial charge on any atom is 0.329 e. The van der Waals surface area contributed by atoms with E-state index >= 15 is 0 Å². The van der Waals surface area contributed by atoms with Gasteiger partial charge in [-0.1, -0.05) is 19.3 Å². The summed E-state index contributed by atoms with van der Waals surface area (Å²) < 4.78 is 5.38. The van der Waals surface area contributed by atoms with E-state index in [0.29, 0.717) is 32.5 Å². The highest BCUT2D eigenvalue weighted by Crippen LogP contribution is 2.28. The summed E-state index contributed by atoms with van der Waals surface area (Å²) in [6.07, 6.45) is 3.80. The van der Waals surface area contributed by atoms with Crippen LogP contribution in [0, 0.1) is 0 Å². The lowest BCUT2D eigenvalue weighted by Gasteiger charge is -2.38. The summed E-state index contributed by atoms with van der Waals surface area (Å²) in [5.74, 6) is -0.915. The Morgan fingerprint density at radius 2 is 2.00 bits per heavy atom. The summed E-state index contributed by atoms with van der Waals surface area (Å²) >= 11 is 0. The fourth-order valence-corrected chi connectivity index (χ4v) is 2.83. The lowest BCUT2D eigenvalue weighted by molar-refractivity contribution is -0.146. The normalized spacial score (nSPS) is 26.8. The number of urea groups is 1. The van der Waals surface area contributed by atoms with E-state index < -0.39 is 11.5 Å². The highest BCUT2D eigenvalue weighted by molar-refractivity contribution is 5.86. The summed E-state index contributed by atoms with van der Waals surface area (Å²) in [4.78, 5) is 25.4. The van der Waals surface area contributed by atoms with Gasteiger partial charge in [0.25, 0.3) is 0 Å². The van der Waals surface area contributed by atoms with Crippen molar-refractivity contribution in [2.75, 3.05) is 19.7 Å². The Morgan fingerprint density at radius 1 is 1.32 bits per heavy atom. The molecule has 0 spiro atoms. The molecule has 1 aliphatic carbocycles. The second-order valence-corrected chi connectivity index (χ2v) is 5.51. The number of carbonyl (C=O) groups excluding carboxylic acids is 1. The van der Waals surface area contributed by atoms with E-state index in [2.05, 4.69) is 5.32 Å². The summed E-state index contributed by atoms with van der Waals surface area (Å²) in [7, 11) is 0. The predicted octanol–water partition coefficient (Wildman–Crippen LogP) is 1.20. The number of ether oxygens (including phenoxy) is 1. The minimum absolute atomic E-state index is 0.00614. The van der Waals surface area contributed by atoms with Crippen LogP contribution in [-0.2, 0) is 9.53 Å². The highest BCUT2D eigenvalue weighted by Gasteiger charge is 2.42. The molecule has 1 saturated carbocycles. The first-order valence-electron chi connectivity index (χ1n) is 6.96. The zero-order valence-corrected chi connectivity index (χ0v) is 11.4. The topological polar surface area (TPSA) is 78.9 Å². The summed E-state index contributed by atoms with van der Waals surface area (Å²) in [6, 6.07) is -0.278. The van der Waals surface area contributed by atoms with Gasteiger partial charge in [-0.25, -0.2) is 9.59 Å². The van der Waals surface area contributed by atoms with E-state index in [0.717, 1.165) is 19.3 Å². The van der Waals surface area contributed by atoms with Gasteiger partial charge in [0.05, 0.1) is 12.7 Å². The lowest BCUT2D eigenvalue weighted by Crippen LogP contribution is -2.60. The third-order valence-electron chi connectivity index (χ3n) is 3.99. The first kappa shape index (κ1) is 14.1. The quantitative estimate of drug-likeness (QED) is 0.790. The predicted molar refractivity (Wildman–Crippen MR) is 69.0 cm³/mol. The Bertz CT molecular complexity index is 353. The molecule has 2 rings (SSSR count). The second kappa shape index (κ2) is 5.77. The Hall–Kier alpha value is -1.30. The summed E-state index contributed by atoms with van der Waals surface area (Å²) in [6.45, 7) is 3.45.